The van der Waals surface area contributed by atoms with Crippen molar-refractivity contribution >= 4 is 50.7 Å². The van der Waals surface area contributed by atoms with E-state index in [4.69, 9.17) is 23.9 Å². The summed E-state index contributed by atoms with van der Waals surface area (Å²) in [4.78, 5) is 35.7. The van der Waals surface area contributed by atoms with Gasteiger partial charge in [-0.1, -0.05) is 60.6 Å². The van der Waals surface area contributed by atoms with Crippen LogP contribution in [0.4, 0.5) is 0 Å². The zero-order valence-electron chi connectivity index (χ0n) is 34.4. The second kappa shape index (κ2) is 21.1. The molecule has 5 aromatic rings. The normalized spacial score (nSPS) is 13.9. The third-order valence-electron chi connectivity index (χ3n) is 10.5. The van der Waals surface area contributed by atoms with E-state index in [0.717, 1.165) is 82.5 Å². The molecule has 0 amide bonds. The van der Waals surface area contributed by atoms with E-state index in [1.165, 1.54) is 39.1 Å². The number of nitrogens with one attached hydrogen (secondary N) is 3. The molecule has 6 rings (SSSR count). The van der Waals surface area contributed by atoms with Crippen LogP contribution < -0.4 is 5.59 Å². The van der Waals surface area contributed by atoms with Crippen LogP contribution in [-0.2, 0) is 63.8 Å². The van der Waals surface area contributed by atoms with Crippen LogP contribution in [0.2, 0.25) is 0 Å². The minimum atomic E-state index is -0.285. The monoisotopic (exact) mass is 877 g/mol. The molecule has 6 heterocycles. The number of pyridine rings is 2. The average molecular weight is 880 g/mol. The summed E-state index contributed by atoms with van der Waals surface area (Å²) < 4.78 is 14.1. The van der Waals surface area contributed by atoms with Crippen LogP contribution in [0, 0.1) is 0 Å². The minimum absolute atomic E-state index is 0.250. The Morgan fingerprint density at radius 2 is 1.04 bits per heavy atom. The third-order valence-corrected chi connectivity index (χ3v) is 11.3. The maximum Gasteiger partial charge on any atom is 0.512 e. The van der Waals surface area contributed by atoms with Crippen LogP contribution in [-0.4, -0.2) is 49.4 Å². The standard InChI is InChI=1S/C21H27N3.C16H28BNO2.C5H3Br2N.CO2/c1-5-14-12-22-20(16(14)7-3)18-10-9-11-19(24-18)21-17(8-4)15(6-2)13-23-21;1-8-11-12(9-2)14(18-13(11)10-3)17-19-15(4,5)16(6,7)20-17;6-4-2-1-3-5(7)8-4;2-1-3/h9-13,22-23H,5-8H2,1-4H3;18H,8-10H2,1-7H3;1-3H;. The smallest absolute Gasteiger partial charge is 0.398 e. The van der Waals surface area contributed by atoms with E-state index in [1.807, 2.05) is 18.2 Å². The second-order valence-electron chi connectivity index (χ2n) is 14.1. The molecule has 0 bridgehead atoms. The van der Waals surface area contributed by atoms with Crippen LogP contribution in [0.25, 0.3) is 22.8 Å². The summed E-state index contributed by atoms with van der Waals surface area (Å²) in [6, 6.07) is 12.0. The van der Waals surface area contributed by atoms with Gasteiger partial charge in [-0.25, -0.2) is 9.97 Å². The van der Waals surface area contributed by atoms with E-state index in [1.54, 1.807) is 0 Å². The SMILES string of the molecule is Brc1cccc(Br)n1.CCc1[nH]c(B2OC(C)(C)C(C)(C)O2)c(CC)c1CC.CCc1c[nH]c(-c2cccc(-c3[nH]cc(CC)c3CC)n2)c1CC.O=C=O. The highest BCUT2D eigenvalue weighted by molar-refractivity contribution is 9.11. The predicted octanol–water partition coefficient (Wildman–Crippen LogP) is 10.3. The van der Waals surface area contributed by atoms with Crippen LogP contribution in [0.1, 0.15) is 115 Å². The van der Waals surface area contributed by atoms with Crippen molar-refractivity contribution in [3.8, 4) is 22.8 Å². The van der Waals surface area contributed by atoms with E-state index in [9.17, 15) is 0 Å². The van der Waals surface area contributed by atoms with Crippen molar-refractivity contribution in [3.05, 3.63) is 97.1 Å². The zero-order chi connectivity index (χ0) is 40.9. The third kappa shape index (κ3) is 11.1. The van der Waals surface area contributed by atoms with E-state index in [-0.39, 0.29) is 24.5 Å². The Kier molecular flexibility index (Phi) is 17.6. The van der Waals surface area contributed by atoms with Gasteiger partial charge in [-0.2, -0.15) is 9.59 Å². The molecule has 9 nitrogen and oxygen atoms in total. The number of carbonyl (C=O) groups excluding carboxylic acids is 2. The fourth-order valence-corrected chi connectivity index (χ4v) is 7.86. The summed E-state index contributed by atoms with van der Waals surface area (Å²) in [7, 11) is -0.277. The number of hydrogen-bond donors (Lipinski definition) is 3. The molecule has 0 aliphatic carbocycles. The molecule has 0 radical (unpaired) electrons. The van der Waals surface area contributed by atoms with E-state index in [2.05, 4.69) is 159 Å². The Bertz CT molecular complexity index is 1910. The van der Waals surface area contributed by atoms with Gasteiger partial charge in [-0.05, 0) is 162 Å². The van der Waals surface area contributed by atoms with Gasteiger partial charge in [0.25, 0.3) is 0 Å². The molecule has 0 saturated carbocycles. The van der Waals surface area contributed by atoms with Gasteiger partial charge >= 0.3 is 13.3 Å². The maximum atomic E-state index is 8.12. The van der Waals surface area contributed by atoms with Gasteiger partial charge in [0.1, 0.15) is 9.21 Å². The summed E-state index contributed by atoms with van der Waals surface area (Å²) >= 11 is 6.44. The lowest BCUT2D eigenvalue weighted by molar-refractivity contribution is -0.191. The Hall–Kier alpha value is -3.54. The lowest BCUT2D eigenvalue weighted by Gasteiger charge is -2.32. The first-order valence-electron chi connectivity index (χ1n) is 19.4. The molecule has 55 heavy (non-hydrogen) atoms. The molecule has 0 atom stereocenters. The van der Waals surface area contributed by atoms with E-state index in [0.29, 0.717) is 0 Å². The predicted molar refractivity (Wildman–Crippen MR) is 231 cm³/mol. The van der Waals surface area contributed by atoms with Gasteiger partial charge in [0.15, 0.2) is 0 Å². The molecule has 3 N–H and O–H groups in total. The van der Waals surface area contributed by atoms with Crippen molar-refractivity contribution in [3.63, 3.8) is 0 Å². The molecule has 5 aromatic heterocycles. The van der Waals surface area contributed by atoms with Gasteiger partial charge in [-0.3, -0.25) is 0 Å². The van der Waals surface area contributed by atoms with Crippen molar-refractivity contribution in [2.24, 2.45) is 0 Å². The first-order valence-corrected chi connectivity index (χ1v) is 21.0. The quantitative estimate of drug-likeness (QED) is 0.0948. The zero-order valence-corrected chi connectivity index (χ0v) is 37.6. The molecular weight excluding hydrogens is 821 g/mol. The number of aryl methyl sites for hydroxylation is 3. The minimum Gasteiger partial charge on any atom is -0.398 e. The number of aromatic nitrogens is 5. The van der Waals surface area contributed by atoms with Gasteiger partial charge < -0.3 is 24.3 Å². The molecule has 1 saturated heterocycles. The van der Waals surface area contributed by atoms with Crippen molar-refractivity contribution < 1.29 is 18.9 Å². The maximum absolute atomic E-state index is 8.12. The number of H-pyrrole nitrogens is 3. The van der Waals surface area contributed by atoms with Crippen molar-refractivity contribution in [1.29, 1.82) is 0 Å². The van der Waals surface area contributed by atoms with Gasteiger partial charge in [-0.15, -0.1) is 0 Å². The number of rotatable bonds is 10. The van der Waals surface area contributed by atoms with Crippen molar-refractivity contribution in [2.75, 3.05) is 0 Å². The number of hydrogen-bond acceptors (Lipinski definition) is 6. The molecule has 0 unspecified atom stereocenters. The van der Waals surface area contributed by atoms with Gasteiger partial charge in [0.2, 0.25) is 0 Å². The summed E-state index contributed by atoms with van der Waals surface area (Å²) in [5, 5.41) is 0. The first-order chi connectivity index (χ1) is 26.2. The summed E-state index contributed by atoms with van der Waals surface area (Å²) in [6.07, 6.45) is 11.8. The highest BCUT2D eigenvalue weighted by atomic mass is 79.9. The first kappa shape index (κ1) is 45.9. The topological polar surface area (TPSA) is 126 Å². The van der Waals surface area contributed by atoms with Crippen molar-refractivity contribution in [1.82, 2.24) is 24.9 Å². The van der Waals surface area contributed by atoms with Crippen LogP contribution in [0.15, 0.2) is 58.0 Å². The molecule has 296 valence electrons. The lowest BCUT2D eigenvalue weighted by atomic mass is 9.80. The van der Waals surface area contributed by atoms with Gasteiger partial charge in [0, 0.05) is 23.7 Å². The van der Waals surface area contributed by atoms with E-state index < -0.39 is 0 Å². The summed E-state index contributed by atoms with van der Waals surface area (Å²) in [5.74, 6) is 0. The Morgan fingerprint density at radius 1 is 0.618 bits per heavy atom. The van der Waals surface area contributed by atoms with Gasteiger partial charge in [0.05, 0.1) is 34.0 Å². The van der Waals surface area contributed by atoms with Crippen LogP contribution >= 0.6 is 31.9 Å². The fraction of sp³-hybridized carbons (Fsp3) is 0.465. The molecule has 1 aliphatic rings. The van der Waals surface area contributed by atoms with E-state index >= 15 is 0 Å². The highest BCUT2D eigenvalue weighted by Crippen LogP contribution is 2.37. The number of halogens is 2. The molecule has 12 heteroatoms. The lowest BCUT2D eigenvalue weighted by Crippen LogP contribution is -2.41. The molecular formula is C43H58BBr2N5O4. The fourth-order valence-electron chi connectivity index (χ4n) is 6.93. The molecule has 1 fully saturated rings. The number of nitrogens with zero attached hydrogens (tertiary/aromatic N) is 2. The molecule has 0 spiro atoms. The molecule has 1 aliphatic heterocycles. The number of aromatic amines is 3. The average Bonchev–Trinajstić information content (AvgIpc) is 3.92. The Morgan fingerprint density at radius 3 is 1.38 bits per heavy atom. The second-order valence-corrected chi connectivity index (χ2v) is 15.8. The Balaban J connectivity index is 0.000000235. The van der Waals surface area contributed by atoms with Crippen LogP contribution in [0.5, 0.6) is 0 Å². The Labute approximate surface area is 345 Å². The van der Waals surface area contributed by atoms with Crippen LogP contribution in [0.3, 0.4) is 0 Å². The highest BCUT2D eigenvalue weighted by Gasteiger charge is 2.53. The largest absolute Gasteiger partial charge is 0.512 e. The molecule has 0 aromatic carbocycles. The van der Waals surface area contributed by atoms with Crippen molar-refractivity contribution in [2.45, 2.75) is 132 Å². The summed E-state index contributed by atoms with van der Waals surface area (Å²) in [6.45, 7) is 23.8. The summed E-state index contributed by atoms with van der Waals surface area (Å²) in [5.41, 5.74) is 14.6.